The molecule has 1 heterocycles. The largest absolute Gasteiger partial charge is 0.504 e. The van der Waals surface area contributed by atoms with E-state index in [4.69, 9.17) is 4.74 Å². The van der Waals surface area contributed by atoms with Crippen LogP contribution in [0.3, 0.4) is 0 Å². The van der Waals surface area contributed by atoms with Crippen molar-refractivity contribution in [3.05, 3.63) is 48.2 Å². The van der Waals surface area contributed by atoms with Gasteiger partial charge in [0.15, 0.2) is 11.4 Å². The maximum absolute atomic E-state index is 9.39. The summed E-state index contributed by atoms with van der Waals surface area (Å²) in [5.74, 6) is 0.145. The molecule has 90 valence electrons. The van der Waals surface area contributed by atoms with Crippen LogP contribution in [0, 0.1) is 0 Å². The Labute approximate surface area is 101 Å². The zero-order valence-corrected chi connectivity index (χ0v) is 10.2. The molecule has 1 N–H and O–H groups in total. The van der Waals surface area contributed by atoms with E-state index in [0.717, 1.165) is 12.0 Å². The molecule has 1 aromatic carbocycles. The number of rotatable bonds is 3. The molecule has 2 atom stereocenters. The van der Waals surface area contributed by atoms with Crippen molar-refractivity contribution in [2.24, 2.45) is 4.99 Å². The van der Waals surface area contributed by atoms with Crippen LogP contribution in [-0.4, -0.2) is 17.0 Å². The first-order chi connectivity index (χ1) is 8.08. The van der Waals surface area contributed by atoms with E-state index in [0.29, 0.717) is 0 Å². The van der Waals surface area contributed by atoms with Gasteiger partial charge in [-0.2, -0.15) is 0 Å². The van der Waals surface area contributed by atoms with E-state index in [1.807, 2.05) is 37.3 Å². The summed E-state index contributed by atoms with van der Waals surface area (Å²) in [6, 6.07) is 9.95. The fourth-order valence-electron chi connectivity index (χ4n) is 2.19. The van der Waals surface area contributed by atoms with Crippen molar-refractivity contribution in [2.45, 2.75) is 31.9 Å². The highest BCUT2D eigenvalue weighted by Crippen LogP contribution is 2.38. The van der Waals surface area contributed by atoms with Crippen molar-refractivity contribution in [1.29, 1.82) is 0 Å². The van der Waals surface area contributed by atoms with Crippen molar-refractivity contribution >= 4 is 5.90 Å². The molecule has 2 rings (SSSR count). The van der Waals surface area contributed by atoms with Crippen LogP contribution in [0.1, 0.15) is 25.8 Å². The van der Waals surface area contributed by atoms with Crippen molar-refractivity contribution in [1.82, 2.24) is 0 Å². The second-order valence-electron chi connectivity index (χ2n) is 4.38. The molecular weight excluding hydrogens is 214 g/mol. The maximum atomic E-state index is 9.39. The fraction of sp³-hybridized carbons (Fsp3) is 0.357. The van der Waals surface area contributed by atoms with Crippen LogP contribution in [0.4, 0.5) is 0 Å². The molecule has 0 aliphatic carbocycles. The van der Waals surface area contributed by atoms with Gasteiger partial charge in [-0.1, -0.05) is 43.8 Å². The Kier molecular flexibility index (Phi) is 2.92. The Hall–Kier alpha value is -1.77. The van der Waals surface area contributed by atoms with Crippen LogP contribution in [0.5, 0.6) is 0 Å². The zero-order chi connectivity index (χ0) is 12.5. The molecule has 3 heteroatoms. The van der Waals surface area contributed by atoms with Gasteiger partial charge in [-0.3, -0.25) is 0 Å². The third kappa shape index (κ3) is 1.93. The lowest BCUT2D eigenvalue weighted by Gasteiger charge is -2.29. The molecule has 1 aliphatic heterocycles. The van der Waals surface area contributed by atoms with Crippen molar-refractivity contribution in [3.8, 4) is 0 Å². The van der Waals surface area contributed by atoms with Crippen LogP contribution in [0.25, 0.3) is 0 Å². The SMILES string of the molecule is C=C(O)C1=NC(CC)C(C)(c2ccccc2)O1. The predicted octanol–water partition coefficient (Wildman–Crippen LogP) is 3.18. The number of hydrogen-bond acceptors (Lipinski definition) is 3. The van der Waals surface area contributed by atoms with Gasteiger partial charge >= 0.3 is 0 Å². The molecule has 0 fully saturated rings. The quantitative estimate of drug-likeness (QED) is 0.812. The van der Waals surface area contributed by atoms with E-state index in [2.05, 4.69) is 18.5 Å². The van der Waals surface area contributed by atoms with Gasteiger partial charge in [-0.15, -0.1) is 0 Å². The minimum atomic E-state index is -0.517. The molecule has 0 bridgehead atoms. The molecule has 0 aromatic heterocycles. The van der Waals surface area contributed by atoms with E-state index < -0.39 is 5.60 Å². The van der Waals surface area contributed by atoms with Gasteiger partial charge in [0.25, 0.3) is 5.90 Å². The predicted molar refractivity (Wildman–Crippen MR) is 68.2 cm³/mol. The first kappa shape index (κ1) is 11.7. The summed E-state index contributed by atoms with van der Waals surface area (Å²) in [6.45, 7) is 7.52. The first-order valence-electron chi connectivity index (χ1n) is 5.78. The topological polar surface area (TPSA) is 41.8 Å². The van der Waals surface area contributed by atoms with Crippen LogP contribution >= 0.6 is 0 Å². The molecule has 1 aromatic rings. The summed E-state index contributed by atoms with van der Waals surface area (Å²) in [4.78, 5) is 4.38. The molecule has 0 saturated carbocycles. The second-order valence-corrected chi connectivity index (χ2v) is 4.38. The Morgan fingerprint density at radius 3 is 2.65 bits per heavy atom. The van der Waals surface area contributed by atoms with Gasteiger partial charge in [0, 0.05) is 0 Å². The first-order valence-corrected chi connectivity index (χ1v) is 5.78. The van der Waals surface area contributed by atoms with Gasteiger partial charge in [0.05, 0.1) is 6.04 Å². The van der Waals surface area contributed by atoms with Crippen LogP contribution in [0.2, 0.25) is 0 Å². The summed E-state index contributed by atoms with van der Waals surface area (Å²) in [6.07, 6.45) is 0.849. The number of aliphatic hydroxyl groups excluding tert-OH is 1. The Morgan fingerprint density at radius 2 is 2.12 bits per heavy atom. The summed E-state index contributed by atoms with van der Waals surface area (Å²) in [5, 5.41) is 9.39. The Balaban J connectivity index is 2.37. The third-order valence-corrected chi connectivity index (χ3v) is 3.20. The van der Waals surface area contributed by atoms with Gasteiger partial charge in [-0.05, 0) is 18.9 Å². The third-order valence-electron chi connectivity index (χ3n) is 3.20. The summed E-state index contributed by atoms with van der Waals surface area (Å²) < 4.78 is 5.80. The standard InChI is InChI=1S/C14H17NO2/c1-4-12-14(3,11-8-6-5-7-9-11)17-13(15-12)10(2)16/h5-9,12,16H,2,4H2,1,3H3. The lowest BCUT2D eigenvalue weighted by molar-refractivity contribution is 0.0695. The van der Waals surface area contributed by atoms with Crippen LogP contribution in [-0.2, 0) is 10.3 Å². The Bertz CT molecular complexity index is 453. The highest BCUT2D eigenvalue weighted by atomic mass is 16.5. The van der Waals surface area contributed by atoms with Gasteiger partial charge in [0.2, 0.25) is 0 Å². The molecule has 1 aliphatic rings. The lowest BCUT2D eigenvalue weighted by Crippen LogP contribution is -2.34. The van der Waals surface area contributed by atoms with E-state index in [1.165, 1.54) is 0 Å². The van der Waals surface area contributed by atoms with Gasteiger partial charge in [0.1, 0.15) is 0 Å². The lowest BCUT2D eigenvalue weighted by atomic mass is 9.87. The highest BCUT2D eigenvalue weighted by Gasteiger charge is 2.43. The second kappa shape index (κ2) is 4.24. The zero-order valence-electron chi connectivity index (χ0n) is 10.2. The highest BCUT2D eigenvalue weighted by molar-refractivity contribution is 5.92. The molecule has 0 radical (unpaired) electrons. The summed E-state index contributed by atoms with van der Waals surface area (Å²) in [7, 11) is 0. The van der Waals surface area contributed by atoms with Gasteiger partial charge in [-0.25, -0.2) is 4.99 Å². The van der Waals surface area contributed by atoms with E-state index in [-0.39, 0.29) is 17.7 Å². The minimum Gasteiger partial charge on any atom is -0.504 e. The van der Waals surface area contributed by atoms with Crippen molar-refractivity contribution < 1.29 is 9.84 Å². The number of ether oxygens (including phenoxy) is 1. The molecule has 17 heavy (non-hydrogen) atoms. The molecule has 0 amide bonds. The minimum absolute atomic E-state index is 0.00352. The molecule has 2 unspecified atom stereocenters. The number of aliphatic hydroxyl groups is 1. The summed E-state index contributed by atoms with van der Waals surface area (Å²) >= 11 is 0. The number of aliphatic imine (C=N–C) groups is 1. The number of benzene rings is 1. The molecular formula is C14H17NO2. The Morgan fingerprint density at radius 1 is 1.47 bits per heavy atom. The fourth-order valence-corrected chi connectivity index (χ4v) is 2.19. The molecule has 3 nitrogen and oxygen atoms in total. The van der Waals surface area contributed by atoms with Crippen LogP contribution in [0.15, 0.2) is 47.7 Å². The normalized spacial score (nSPS) is 27.4. The average molecular weight is 231 g/mol. The van der Waals surface area contributed by atoms with E-state index >= 15 is 0 Å². The smallest absolute Gasteiger partial charge is 0.252 e. The van der Waals surface area contributed by atoms with E-state index in [9.17, 15) is 5.11 Å². The van der Waals surface area contributed by atoms with E-state index in [1.54, 1.807) is 0 Å². The monoisotopic (exact) mass is 231 g/mol. The number of hydrogen-bond donors (Lipinski definition) is 1. The molecule has 0 saturated heterocycles. The molecule has 0 spiro atoms. The average Bonchev–Trinajstić information content (AvgIpc) is 2.69. The van der Waals surface area contributed by atoms with Gasteiger partial charge < -0.3 is 9.84 Å². The van der Waals surface area contributed by atoms with Crippen molar-refractivity contribution in [2.75, 3.05) is 0 Å². The van der Waals surface area contributed by atoms with Crippen molar-refractivity contribution in [3.63, 3.8) is 0 Å². The summed E-state index contributed by atoms with van der Waals surface area (Å²) in [5.41, 5.74) is 0.545. The number of nitrogens with zero attached hydrogens (tertiary/aromatic N) is 1. The maximum Gasteiger partial charge on any atom is 0.252 e. The van der Waals surface area contributed by atoms with Crippen LogP contribution < -0.4 is 0 Å².